The van der Waals surface area contributed by atoms with Crippen molar-refractivity contribution in [2.75, 3.05) is 11.4 Å². The van der Waals surface area contributed by atoms with Crippen LogP contribution in [0.15, 0.2) is 42.6 Å². The molecule has 1 aliphatic rings. The van der Waals surface area contributed by atoms with Crippen molar-refractivity contribution in [3.63, 3.8) is 0 Å². The molecule has 0 N–H and O–H groups in total. The van der Waals surface area contributed by atoms with Crippen LogP contribution in [-0.2, 0) is 13.0 Å². The molecule has 1 aliphatic heterocycles. The van der Waals surface area contributed by atoms with E-state index in [4.69, 9.17) is 28.5 Å². The molecule has 2 aromatic carbocycles. The molecule has 1 aromatic heterocycles. The van der Waals surface area contributed by atoms with E-state index in [0.717, 1.165) is 16.8 Å². The van der Waals surface area contributed by atoms with E-state index in [0.29, 0.717) is 35.1 Å². The van der Waals surface area contributed by atoms with Crippen molar-refractivity contribution in [3.8, 4) is 6.07 Å². The van der Waals surface area contributed by atoms with Crippen LogP contribution in [0.5, 0.6) is 0 Å². The van der Waals surface area contributed by atoms with Gasteiger partial charge in [-0.3, -0.25) is 4.79 Å². The van der Waals surface area contributed by atoms with Gasteiger partial charge in [0, 0.05) is 22.3 Å². The number of benzene rings is 2. The Hall–Kier alpha value is -2.88. The zero-order valence-corrected chi connectivity index (χ0v) is 15.6. The molecule has 27 heavy (non-hydrogen) atoms. The highest BCUT2D eigenvalue weighted by Gasteiger charge is 2.27. The number of anilines is 1. The quantitative estimate of drug-likeness (QED) is 0.674. The number of hydrogen-bond donors (Lipinski definition) is 0. The zero-order chi connectivity index (χ0) is 19.0. The van der Waals surface area contributed by atoms with Crippen molar-refractivity contribution in [3.05, 3.63) is 75.0 Å². The van der Waals surface area contributed by atoms with E-state index in [1.165, 1.54) is 0 Å². The van der Waals surface area contributed by atoms with E-state index < -0.39 is 0 Å². The van der Waals surface area contributed by atoms with Crippen molar-refractivity contribution in [1.29, 1.82) is 5.26 Å². The van der Waals surface area contributed by atoms with Gasteiger partial charge in [0.25, 0.3) is 5.91 Å². The molecular weight excluding hydrogens is 385 g/mol. The van der Waals surface area contributed by atoms with Gasteiger partial charge in [-0.2, -0.15) is 5.26 Å². The molecule has 0 spiro atoms. The number of carbonyl (C=O) groups is 1. The van der Waals surface area contributed by atoms with Gasteiger partial charge in [-0.15, -0.1) is 5.10 Å². The van der Waals surface area contributed by atoms with Gasteiger partial charge in [0.2, 0.25) is 0 Å². The summed E-state index contributed by atoms with van der Waals surface area (Å²) < 4.78 is 1.57. The number of fused-ring (bicyclic) bond motifs is 1. The maximum Gasteiger partial charge on any atom is 0.280 e. The summed E-state index contributed by atoms with van der Waals surface area (Å²) in [6.07, 6.45) is 2.32. The number of hydrogen-bond acceptors (Lipinski definition) is 4. The fourth-order valence-corrected chi connectivity index (χ4v) is 3.59. The Morgan fingerprint density at radius 1 is 1.22 bits per heavy atom. The van der Waals surface area contributed by atoms with E-state index in [2.05, 4.69) is 16.4 Å². The van der Waals surface area contributed by atoms with Crippen molar-refractivity contribution in [2.45, 2.75) is 13.0 Å². The molecule has 0 aliphatic carbocycles. The lowest BCUT2D eigenvalue weighted by molar-refractivity contribution is 0.0984. The number of nitriles is 1. The van der Waals surface area contributed by atoms with Gasteiger partial charge in [0.05, 0.1) is 24.4 Å². The first-order chi connectivity index (χ1) is 13.0. The molecule has 4 rings (SSSR count). The van der Waals surface area contributed by atoms with Gasteiger partial charge in [-0.05, 0) is 47.9 Å². The maximum absolute atomic E-state index is 12.8. The van der Waals surface area contributed by atoms with Gasteiger partial charge in [-0.1, -0.05) is 34.5 Å². The Balaban J connectivity index is 1.54. The Bertz CT molecular complexity index is 1090. The highest BCUT2D eigenvalue weighted by atomic mass is 35.5. The van der Waals surface area contributed by atoms with E-state index >= 15 is 0 Å². The summed E-state index contributed by atoms with van der Waals surface area (Å²) in [5.74, 6) is -0.216. The molecule has 8 heteroatoms. The summed E-state index contributed by atoms with van der Waals surface area (Å²) in [6.45, 7) is 0.942. The summed E-state index contributed by atoms with van der Waals surface area (Å²) in [5, 5.41) is 18.2. The normalized spacial score (nSPS) is 12.7. The molecule has 0 saturated carbocycles. The molecule has 6 nitrogen and oxygen atoms in total. The molecule has 3 aromatic rings. The zero-order valence-electron chi connectivity index (χ0n) is 14.1. The second-order valence-electron chi connectivity index (χ2n) is 6.20. The minimum Gasteiger partial charge on any atom is -0.306 e. The largest absolute Gasteiger partial charge is 0.306 e. The lowest BCUT2D eigenvalue weighted by Gasteiger charge is -2.15. The fraction of sp³-hybridized carbons (Fsp3) is 0.158. The molecular formula is C19H13Cl2N5O. The topological polar surface area (TPSA) is 74.8 Å². The van der Waals surface area contributed by atoms with Crippen LogP contribution < -0.4 is 4.90 Å². The number of nitrogens with zero attached hydrogens (tertiary/aromatic N) is 5. The minimum atomic E-state index is -0.216. The van der Waals surface area contributed by atoms with Crippen LogP contribution in [0.2, 0.25) is 10.0 Å². The third-order valence-electron chi connectivity index (χ3n) is 4.45. The smallest absolute Gasteiger partial charge is 0.280 e. The van der Waals surface area contributed by atoms with Crippen LogP contribution in [0.4, 0.5) is 5.69 Å². The molecule has 0 fully saturated rings. The third-order valence-corrected chi connectivity index (χ3v) is 5.04. The van der Waals surface area contributed by atoms with Crippen LogP contribution >= 0.6 is 23.2 Å². The third kappa shape index (κ3) is 3.39. The maximum atomic E-state index is 12.8. The summed E-state index contributed by atoms with van der Waals surface area (Å²) in [4.78, 5) is 14.5. The molecule has 0 bridgehead atoms. The SMILES string of the molecule is N#Cc1ccc2c(c1)CCN2C(=O)c1cn(Cc2ccc(Cl)cc2Cl)nn1. The summed E-state index contributed by atoms with van der Waals surface area (Å²) in [5.41, 5.74) is 3.49. The summed E-state index contributed by atoms with van der Waals surface area (Å²) in [7, 11) is 0. The molecule has 0 radical (unpaired) electrons. The Kier molecular flexibility index (Phi) is 4.56. The number of aromatic nitrogens is 3. The predicted octanol–water partition coefficient (Wildman–Crippen LogP) is 3.71. The van der Waals surface area contributed by atoms with Gasteiger partial charge >= 0.3 is 0 Å². The van der Waals surface area contributed by atoms with Crippen molar-refractivity contribution in [1.82, 2.24) is 15.0 Å². The number of rotatable bonds is 3. The standard InChI is InChI=1S/C19H13Cl2N5O/c20-15-3-2-14(16(21)8-15)10-25-11-17(23-24-25)19(27)26-6-5-13-7-12(9-22)1-4-18(13)26/h1-4,7-8,11H,5-6,10H2. The first kappa shape index (κ1) is 17.5. The van der Waals surface area contributed by atoms with Crippen molar-refractivity contribution < 1.29 is 4.79 Å². The monoisotopic (exact) mass is 397 g/mol. The van der Waals surface area contributed by atoms with Crippen molar-refractivity contribution in [2.24, 2.45) is 0 Å². The van der Waals surface area contributed by atoms with Gasteiger partial charge < -0.3 is 4.90 Å². The lowest BCUT2D eigenvalue weighted by Crippen LogP contribution is -2.29. The Morgan fingerprint density at radius 2 is 2.07 bits per heavy atom. The first-order valence-corrected chi connectivity index (χ1v) is 8.99. The number of halogens is 2. The summed E-state index contributed by atoms with van der Waals surface area (Å²) in [6, 6.07) is 12.7. The molecule has 1 amide bonds. The molecule has 2 heterocycles. The van der Waals surface area contributed by atoms with E-state index in [-0.39, 0.29) is 11.6 Å². The van der Waals surface area contributed by atoms with Crippen LogP contribution in [0.3, 0.4) is 0 Å². The first-order valence-electron chi connectivity index (χ1n) is 8.24. The predicted molar refractivity (Wildman–Crippen MR) is 102 cm³/mol. The molecule has 0 unspecified atom stereocenters. The van der Waals surface area contributed by atoms with E-state index in [9.17, 15) is 4.79 Å². The van der Waals surface area contributed by atoms with E-state index in [1.807, 2.05) is 12.1 Å². The highest BCUT2D eigenvalue weighted by molar-refractivity contribution is 6.35. The number of carbonyl (C=O) groups excluding carboxylic acids is 1. The highest BCUT2D eigenvalue weighted by Crippen LogP contribution is 2.30. The van der Waals surface area contributed by atoms with Gasteiger partial charge in [-0.25, -0.2) is 4.68 Å². The van der Waals surface area contributed by atoms with Crippen LogP contribution in [-0.4, -0.2) is 27.4 Å². The second kappa shape index (κ2) is 7.03. The van der Waals surface area contributed by atoms with Crippen LogP contribution in [0, 0.1) is 11.3 Å². The van der Waals surface area contributed by atoms with Crippen LogP contribution in [0.25, 0.3) is 0 Å². The Labute approximate surface area is 165 Å². The average molecular weight is 398 g/mol. The van der Waals surface area contributed by atoms with Crippen molar-refractivity contribution >= 4 is 34.8 Å². The van der Waals surface area contributed by atoms with Crippen LogP contribution in [0.1, 0.15) is 27.2 Å². The average Bonchev–Trinajstić information content (AvgIpc) is 3.30. The number of amides is 1. The Morgan fingerprint density at radius 3 is 2.85 bits per heavy atom. The minimum absolute atomic E-state index is 0.216. The summed E-state index contributed by atoms with van der Waals surface area (Å²) >= 11 is 12.1. The molecule has 0 saturated heterocycles. The lowest BCUT2D eigenvalue weighted by atomic mass is 10.1. The molecule has 134 valence electrons. The van der Waals surface area contributed by atoms with Gasteiger partial charge in [0.1, 0.15) is 0 Å². The van der Waals surface area contributed by atoms with Gasteiger partial charge in [0.15, 0.2) is 5.69 Å². The van der Waals surface area contributed by atoms with E-state index in [1.54, 1.807) is 40.0 Å². The molecule has 0 atom stereocenters. The second-order valence-corrected chi connectivity index (χ2v) is 7.04. The fourth-order valence-electron chi connectivity index (χ4n) is 3.12.